The Labute approximate surface area is 180 Å². The zero-order chi connectivity index (χ0) is 19.3. The molecule has 0 aromatic rings. The van der Waals surface area contributed by atoms with Gasteiger partial charge >= 0.3 is 0 Å². The number of aliphatic imine (C=N–C) groups is 1. The maximum absolute atomic E-state index is 12.0. The molecule has 156 valence electrons. The summed E-state index contributed by atoms with van der Waals surface area (Å²) in [5.41, 5.74) is 0.381. The molecule has 1 aliphatic carbocycles. The molecule has 2 aliphatic rings. The molecule has 0 bridgehead atoms. The monoisotopic (exact) mass is 493 g/mol. The molecule has 2 fully saturated rings. The van der Waals surface area contributed by atoms with E-state index in [1.165, 1.54) is 19.3 Å². The van der Waals surface area contributed by atoms with Crippen molar-refractivity contribution in [2.75, 3.05) is 40.3 Å². The Bertz CT molecular complexity index is 546. The van der Waals surface area contributed by atoms with Crippen molar-refractivity contribution in [3.05, 3.63) is 0 Å². The zero-order valence-corrected chi connectivity index (χ0v) is 19.7. The summed E-state index contributed by atoms with van der Waals surface area (Å²) in [5, 5.41) is 6.05. The van der Waals surface area contributed by atoms with Crippen LogP contribution in [0.15, 0.2) is 4.99 Å². The van der Waals surface area contributed by atoms with Crippen molar-refractivity contribution < 1.29 is 9.59 Å². The summed E-state index contributed by atoms with van der Waals surface area (Å²) < 4.78 is 0. The van der Waals surface area contributed by atoms with Crippen LogP contribution >= 0.6 is 24.0 Å². The molecule has 1 spiro atoms. The van der Waals surface area contributed by atoms with E-state index in [1.807, 2.05) is 13.8 Å². The summed E-state index contributed by atoms with van der Waals surface area (Å²) >= 11 is 0. The maximum atomic E-state index is 12.0. The highest BCUT2D eigenvalue weighted by molar-refractivity contribution is 14.0. The number of guanidine groups is 1. The molecule has 7 nitrogen and oxygen atoms in total. The molecule has 0 aromatic heterocycles. The van der Waals surface area contributed by atoms with E-state index >= 15 is 0 Å². The van der Waals surface area contributed by atoms with Crippen LogP contribution in [0.4, 0.5) is 0 Å². The predicted octanol–water partition coefficient (Wildman–Crippen LogP) is 1.67. The van der Waals surface area contributed by atoms with Gasteiger partial charge in [-0.15, -0.1) is 24.0 Å². The van der Waals surface area contributed by atoms with E-state index in [2.05, 4.69) is 27.4 Å². The van der Waals surface area contributed by atoms with Crippen molar-refractivity contribution >= 4 is 41.8 Å². The third kappa shape index (κ3) is 6.50. The van der Waals surface area contributed by atoms with Crippen LogP contribution in [0.5, 0.6) is 0 Å². The average molecular weight is 493 g/mol. The minimum absolute atomic E-state index is 0. The molecule has 1 aliphatic heterocycles. The van der Waals surface area contributed by atoms with Crippen molar-refractivity contribution in [3.63, 3.8) is 0 Å². The lowest BCUT2D eigenvalue weighted by Gasteiger charge is -2.53. The Morgan fingerprint density at radius 3 is 2.48 bits per heavy atom. The van der Waals surface area contributed by atoms with Gasteiger partial charge in [0, 0.05) is 33.2 Å². The number of halogens is 1. The number of likely N-dealkylation sites (tertiary alicyclic amines) is 1. The number of rotatable bonds is 5. The largest absolute Gasteiger partial charge is 0.352 e. The van der Waals surface area contributed by atoms with Gasteiger partial charge in [0.1, 0.15) is 6.54 Å². The van der Waals surface area contributed by atoms with Crippen LogP contribution in [0.25, 0.3) is 0 Å². The molecule has 0 radical (unpaired) electrons. The van der Waals surface area contributed by atoms with Crippen LogP contribution < -0.4 is 10.6 Å². The van der Waals surface area contributed by atoms with E-state index in [0.29, 0.717) is 11.4 Å². The first-order valence-corrected chi connectivity index (χ1v) is 9.76. The summed E-state index contributed by atoms with van der Waals surface area (Å²) in [6.45, 7) is 8.36. The standard InChI is InChI=1S/C19H35N5O2.HI/c1-14(2)22-16(25)11-20-18(21-12-17(26)23(4)5)24-10-7-15(3)19(13-24)8-6-9-19;/h14-15H,6-13H2,1-5H3,(H,20,21)(H,22,25);1H. The molecule has 2 amide bonds. The highest BCUT2D eigenvalue weighted by atomic mass is 127. The van der Waals surface area contributed by atoms with Crippen LogP contribution in [0, 0.1) is 11.3 Å². The van der Waals surface area contributed by atoms with Crippen molar-refractivity contribution in [1.29, 1.82) is 0 Å². The second-order valence-corrected chi connectivity index (χ2v) is 8.33. The lowest BCUT2D eigenvalue weighted by molar-refractivity contribution is -0.127. The lowest BCUT2D eigenvalue weighted by atomic mass is 9.59. The highest BCUT2D eigenvalue weighted by Crippen LogP contribution is 2.50. The van der Waals surface area contributed by atoms with Gasteiger partial charge in [-0.1, -0.05) is 13.3 Å². The number of nitrogens with one attached hydrogen (secondary N) is 2. The van der Waals surface area contributed by atoms with Crippen LogP contribution in [-0.4, -0.2) is 73.9 Å². The topological polar surface area (TPSA) is 77.0 Å². The second kappa shape index (κ2) is 10.5. The Morgan fingerprint density at radius 2 is 1.96 bits per heavy atom. The van der Waals surface area contributed by atoms with Gasteiger partial charge in [-0.05, 0) is 44.4 Å². The lowest BCUT2D eigenvalue weighted by Crippen LogP contribution is -2.56. The molecule has 1 saturated heterocycles. The molecule has 0 aromatic carbocycles. The van der Waals surface area contributed by atoms with Crippen LogP contribution in [0.2, 0.25) is 0 Å². The fourth-order valence-corrected chi connectivity index (χ4v) is 3.83. The van der Waals surface area contributed by atoms with Gasteiger partial charge in [-0.25, -0.2) is 4.99 Å². The molecule has 8 heteroatoms. The average Bonchev–Trinajstić information content (AvgIpc) is 2.53. The number of nitrogens with zero attached hydrogens (tertiary/aromatic N) is 3. The van der Waals surface area contributed by atoms with Gasteiger partial charge in [-0.2, -0.15) is 0 Å². The first-order chi connectivity index (χ1) is 12.2. The minimum atomic E-state index is -0.0954. The van der Waals surface area contributed by atoms with Crippen molar-refractivity contribution in [3.8, 4) is 0 Å². The number of carbonyl (C=O) groups is 2. The Morgan fingerprint density at radius 1 is 1.30 bits per heavy atom. The molecular weight excluding hydrogens is 457 g/mol. The fourth-order valence-electron chi connectivity index (χ4n) is 3.83. The molecule has 1 atom stereocenters. The van der Waals surface area contributed by atoms with Crippen molar-refractivity contribution in [1.82, 2.24) is 20.4 Å². The van der Waals surface area contributed by atoms with E-state index in [1.54, 1.807) is 19.0 Å². The molecule has 27 heavy (non-hydrogen) atoms. The second-order valence-electron chi connectivity index (χ2n) is 8.33. The van der Waals surface area contributed by atoms with Crippen LogP contribution in [0.1, 0.15) is 46.5 Å². The van der Waals surface area contributed by atoms with Gasteiger partial charge in [0.25, 0.3) is 0 Å². The van der Waals surface area contributed by atoms with E-state index in [4.69, 9.17) is 0 Å². The highest BCUT2D eigenvalue weighted by Gasteiger charge is 2.46. The van der Waals surface area contributed by atoms with Crippen LogP contribution in [0.3, 0.4) is 0 Å². The number of amides is 2. The van der Waals surface area contributed by atoms with Gasteiger partial charge in [0.2, 0.25) is 11.8 Å². The van der Waals surface area contributed by atoms with Gasteiger partial charge in [0.15, 0.2) is 5.96 Å². The molecule has 1 saturated carbocycles. The van der Waals surface area contributed by atoms with E-state index in [9.17, 15) is 9.59 Å². The molecule has 1 unspecified atom stereocenters. The predicted molar refractivity (Wildman–Crippen MR) is 119 cm³/mol. The summed E-state index contributed by atoms with van der Waals surface area (Å²) in [5.74, 6) is 1.30. The molecule has 2 rings (SSSR count). The molecule has 2 N–H and O–H groups in total. The number of piperidine rings is 1. The maximum Gasteiger partial charge on any atom is 0.242 e. The number of likely N-dealkylation sites (N-methyl/N-ethyl adjacent to an activating group) is 1. The zero-order valence-electron chi connectivity index (χ0n) is 17.4. The summed E-state index contributed by atoms with van der Waals surface area (Å²) in [6, 6.07) is 0.0958. The first kappa shape index (κ1) is 24.0. The summed E-state index contributed by atoms with van der Waals surface area (Å²) in [7, 11) is 3.48. The molecule has 1 heterocycles. The van der Waals surface area contributed by atoms with Gasteiger partial charge in [-0.3, -0.25) is 9.59 Å². The molecular formula is C19H36IN5O2. The third-order valence-electron chi connectivity index (χ3n) is 5.75. The van der Waals surface area contributed by atoms with Gasteiger partial charge in [0.05, 0.1) is 6.54 Å². The fraction of sp³-hybridized carbons (Fsp3) is 0.842. The number of hydrogen-bond acceptors (Lipinski definition) is 3. The SMILES string of the molecule is CC(C)NC(=O)CN=C(NCC(=O)N(C)C)N1CCC(C)C2(CCC2)C1.I. The smallest absolute Gasteiger partial charge is 0.242 e. The van der Waals surface area contributed by atoms with E-state index < -0.39 is 0 Å². The summed E-state index contributed by atoms with van der Waals surface area (Å²) in [6.07, 6.45) is 4.96. The third-order valence-corrected chi connectivity index (χ3v) is 5.75. The van der Waals surface area contributed by atoms with E-state index in [0.717, 1.165) is 25.4 Å². The van der Waals surface area contributed by atoms with E-state index in [-0.39, 0.29) is 54.9 Å². The first-order valence-electron chi connectivity index (χ1n) is 9.76. The van der Waals surface area contributed by atoms with Gasteiger partial charge < -0.3 is 20.4 Å². The Hall–Kier alpha value is -1.06. The van der Waals surface area contributed by atoms with Crippen molar-refractivity contribution in [2.24, 2.45) is 16.3 Å². The minimum Gasteiger partial charge on any atom is -0.352 e. The number of hydrogen-bond donors (Lipinski definition) is 2. The van der Waals surface area contributed by atoms with Crippen LogP contribution in [-0.2, 0) is 9.59 Å². The quantitative estimate of drug-likeness (QED) is 0.347. The van der Waals surface area contributed by atoms with Crippen molar-refractivity contribution in [2.45, 2.75) is 52.5 Å². The number of carbonyl (C=O) groups excluding carboxylic acids is 2. The Kier molecular flexibility index (Phi) is 9.30. The normalized spacial score (nSPS) is 21.3. The Balaban J connectivity index is 0.00000364. The summed E-state index contributed by atoms with van der Waals surface area (Å²) in [4.78, 5) is 32.3.